The van der Waals surface area contributed by atoms with E-state index in [0.29, 0.717) is 13.2 Å². The topological polar surface area (TPSA) is 64.9 Å². The minimum absolute atomic E-state index is 0.487. The van der Waals surface area contributed by atoms with Gasteiger partial charge in [-0.1, -0.05) is 24.3 Å². The van der Waals surface area contributed by atoms with E-state index in [-0.39, 0.29) is 0 Å². The van der Waals surface area contributed by atoms with E-state index in [1.807, 2.05) is 35.4 Å². The summed E-state index contributed by atoms with van der Waals surface area (Å²) in [5.74, 6) is 0.855. The number of aromatic nitrogens is 3. The van der Waals surface area contributed by atoms with E-state index in [2.05, 4.69) is 68.3 Å². The van der Waals surface area contributed by atoms with Crippen LogP contribution in [0.15, 0.2) is 85.6 Å². The maximum absolute atomic E-state index is 5.99. The lowest BCUT2D eigenvalue weighted by atomic mass is 10.1. The van der Waals surface area contributed by atoms with Crippen LogP contribution < -0.4 is 9.64 Å². The van der Waals surface area contributed by atoms with Crippen molar-refractivity contribution in [2.24, 2.45) is 0 Å². The van der Waals surface area contributed by atoms with Crippen molar-refractivity contribution in [1.29, 1.82) is 0 Å². The van der Waals surface area contributed by atoms with Crippen LogP contribution in [0.4, 0.5) is 5.69 Å². The summed E-state index contributed by atoms with van der Waals surface area (Å²) in [6.45, 7) is 7.10. The molecule has 1 saturated heterocycles. The Bertz CT molecular complexity index is 1270. The minimum atomic E-state index is 0.487. The molecule has 0 saturated carbocycles. The smallest absolute Gasteiger partial charge is 0.119 e. The molecule has 0 spiro atoms. The standard InChI is InChI=1S/C30H35N5O3/c1-36-30-7-3-5-26(19-30)22-35(21-25-4-2-6-28(18-25)34-11-10-31-24-34)29-8-9-32-27(20-29)23-38-17-14-33-12-15-37-16-13-33/h2-11,18-20,24H,12-17,21-23H2,1H3. The molecule has 5 rings (SSSR count). The van der Waals surface area contributed by atoms with E-state index in [0.717, 1.165) is 68.8 Å². The molecule has 3 heterocycles. The maximum atomic E-state index is 5.99. The number of anilines is 1. The molecule has 0 aliphatic carbocycles. The summed E-state index contributed by atoms with van der Waals surface area (Å²) in [4.78, 5) is 13.5. The average molecular weight is 514 g/mol. The number of imidazole rings is 1. The van der Waals surface area contributed by atoms with Gasteiger partial charge in [0.25, 0.3) is 0 Å². The zero-order chi connectivity index (χ0) is 26.0. The normalized spacial score (nSPS) is 13.9. The molecule has 38 heavy (non-hydrogen) atoms. The molecule has 2 aromatic carbocycles. The predicted octanol–water partition coefficient (Wildman–Crippen LogP) is 4.33. The molecular weight excluding hydrogens is 478 g/mol. The fourth-order valence-electron chi connectivity index (χ4n) is 4.61. The van der Waals surface area contributed by atoms with Gasteiger partial charge in [0, 0.05) is 62.7 Å². The van der Waals surface area contributed by atoms with Gasteiger partial charge in [0.15, 0.2) is 0 Å². The second kappa shape index (κ2) is 13.2. The van der Waals surface area contributed by atoms with E-state index >= 15 is 0 Å². The highest BCUT2D eigenvalue weighted by Crippen LogP contribution is 2.24. The van der Waals surface area contributed by atoms with Crippen LogP contribution in [0.25, 0.3) is 5.69 Å². The van der Waals surface area contributed by atoms with Crippen LogP contribution in [0.5, 0.6) is 5.75 Å². The molecule has 2 aromatic heterocycles. The second-order valence-corrected chi connectivity index (χ2v) is 9.36. The molecule has 4 aromatic rings. The summed E-state index contributed by atoms with van der Waals surface area (Å²) in [6.07, 6.45) is 7.45. The fourth-order valence-corrected chi connectivity index (χ4v) is 4.61. The van der Waals surface area contributed by atoms with Crippen LogP contribution in [0.3, 0.4) is 0 Å². The molecule has 0 radical (unpaired) electrons. The minimum Gasteiger partial charge on any atom is -0.497 e. The molecule has 1 aliphatic rings. The third-order valence-electron chi connectivity index (χ3n) is 6.66. The van der Waals surface area contributed by atoms with Crippen LogP contribution in [0.2, 0.25) is 0 Å². The molecule has 8 nitrogen and oxygen atoms in total. The molecule has 0 amide bonds. The van der Waals surface area contributed by atoms with Crippen molar-refractivity contribution in [2.45, 2.75) is 19.7 Å². The van der Waals surface area contributed by atoms with Crippen LogP contribution in [0, 0.1) is 0 Å². The number of hydrogen-bond acceptors (Lipinski definition) is 7. The SMILES string of the molecule is COc1cccc(CN(Cc2cccc(-n3ccnc3)c2)c2ccnc(COCCN3CCOCC3)c2)c1. The lowest BCUT2D eigenvalue weighted by Crippen LogP contribution is -2.38. The van der Waals surface area contributed by atoms with Gasteiger partial charge in [-0.2, -0.15) is 0 Å². The highest BCUT2D eigenvalue weighted by atomic mass is 16.5. The average Bonchev–Trinajstić information content (AvgIpc) is 3.51. The number of ether oxygens (including phenoxy) is 3. The number of morpholine rings is 1. The Kier molecular flexibility index (Phi) is 8.99. The van der Waals surface area contributed by atoms with E-state index in [9.17, 15) is 0 Å². The highest BCUT2D eigenvalue weighted by molar-refractivity contribution is 5.49. The number of methoxy groups -OCH3 is 1. The van der Waals surface area contributed by atoms with Gasteiger partial charge in [0.1, 0.15) is 5.75 Å². The Morgan fingerprint density at radius 1 is 0.947 bits per heavy atom. The van der Waals surface area contributed by atoms with Crippen molar-refractivity contribution in [3.05, 3.63) is 102 Å². The largest absolute Gasteiger partial charge is 0.497 e. The Balaban J connectivity index is 1.31. The van der Waals surface area contributed by atoms with Gasteiger partial charge in [-0.15, -0.1) is 0 Å². The first-order valence-corrected chi connectivity index (χ1v) is 13.0. The van der Waals surface area contributed by atoms with Gasteiger partial charge in [0.2, 0.25) is 0 Å². The van der Waals surface area contributed by atoms with Crippen LogP contribution in [-0.2, 0) is 29.2 Å². The molecule has 0 unspecified atom stereocenters. The summed E-state index contributed by atoms with van der Waals surface area (Å²) < 4.78 is 18.9. The molecule has 8 heteroatoms. The van der Waals surface area contributed by atoms with Gasteiger partial charge >= 0.3 is 0 Å². The summed E-state index contributed by atoms with van der Waals surface area (Å²) in [7, 11) is 1.70. The number of hydrogen-bond donors (Lipinski definition) is 0. The first-order chi connectivity index (χ1) is 18.8. The van der Waals surface area contributed by atoms with Crippen molar-refractivity contribution in [3.8, 4) is 11.4 Å². The number of nitrogens with zero attached hydrogens (tertiary/aromatic N) is 5. The zero-order valence-electron chi connectivity index (χ0n) is 21.9. The van der Waals surface area contributed by atoms with Crippen molar-refractivity contribution in [1.82, 2.24) is 19.4 Å². The molecule has 0 atom stereocenters. The van der Waals surface area contributed by atoms with Crippen molar-refractivity contribution < 1.29 is 14.2 Å². The quantitative estimate of drug-likeness (QED) is 0.261. The van der Waals surface area contributed by atoms with E-state index in [4.69, 9.17) is 14.2 Å². The third-order valence-corrected chi connectivity index (χ3v) is 6.66. The van der Waals surface area contributed by atoms with Gasteiger partial charge in [0.05, 0.1) is 45.6 Å². The van der Waals surface area contributed by atoms with Gasteiger partial charge in [-0.3, -0.25) is 9.88 Å². The Morgan fingerprint density at radius 3 is 2.55 bits per heavy atom. The second-order valence-electron chi connectivity index (χ2n) is 9.36. The first kappa shape index (κ1) is 25.9. The Hall–Kier alpha value is -3.72. The molecule has 0 N–H and O–H groups in total. The maximum Gasteiger partial charge on any atom is 0.119 e. The van der Waals surface area contributed by atoms with E-state index in [1.165, 1.54) is 11.1 Å². The van der Waals surface area contributed by atoms with Crippen LogP contribution in [0.1, 0.15) is 16.8 Å². The summed E-state index contributed by atoms with van der Waals surface area (Å²) in [5.41, 5.74) is 5.50. The van der Waals surface area contributed by atoms with Gasteiger partial charge in [-0.05, 0) is 47.5 Å². The van der Waals surface area contributed by atoms with Crippen molar-refractivity contribution in [2.75, 3.05) is 51.5 Å². The first-order valence-electron chi connectivity index (χ1n) is 13.0. The number of pyridine rings is 1. The third kappa shape index (κ3) is 7.19. The van der Waals surface area contributed by atoms with E-state index in [1.54, 1.807) is 13.3 Å². The van der Waals surface area contributed by atoms with E-state index < -0.39 is 0 Å². The van der Waals surface area contributed by atoms with Crippen LogP contribution >= 0.6 is 0 Å². The van der Waals surface area contributed by atoms with Gasteiger partial charge in [-0.25, -0.2) is 4.98 Å². The fraction of sp³-hybridized carbons (Fsp3) is 0.333. The van der Waals surface area contributed by atoms with Crippen LogP contribution in [-0.4, -0.2) is 66.0 Å². The van der Waals surface area contributed by atoms with Crippen molar-refractivity contribution in [3.63, 3.8) is 0 Å². The van der Waals surface area contributed by atoms with Crippen molar-refractivity contribution >= 4 is 5.69 Å². The van der Waals surface area contributed by atoms with Gasteiger partial charge < -0.3 is 23.7 Å². The summed E-state index contributed by atoms with van der Waals surface area (Å²) >= 11 is 0. The Morgan fingerprint density at radius 2 is 1.76 bits per heavy atom. The molecule has 1 fully saturated rings. The zero-order valence-corrected chi connectivity index (χ0v) is 21.9. The molecule has 1 aliphatic heterocycles. The Labute approximate surface area is 224 Å². The molecule has 0 bridgehead atoms. The highest BCUT2D eigenvalue weighted by Gasteiger charge is 2.13. The molecular formula is C30H35N5O3. The summed E-state index contributed by atoms with van der Waals surface area (Å²) in [6, 6.07) is 21.0. The molecule has 198 valence electrons. The number of benzene rings is 2. The lowest BCUT2D eigenvalue weighted by Gasteiger charge is -2.27. The lowest BCUT2D eigenvalue weighted by molar-refractivity contribution is 0.0177. The summed E-state index contributed by atoms with van der Waals surface area (Å²) in [5, 5.41) is 0. The monoisotopic (exact) mass is 513 g/mol. The predicted molar refractivity (Wildman–Crippen MR) is 148 cm³/mol. The number of rotatable bonds is 12.